The normalized spacial score (nSPS) is 10.2. The van der Waals surface area contributed by atoms with Crippen LogP contribution < -0.4 is 0 Å². The number of hydrogen-bond acceptors (Lipinski definition) is 2. The Hall–Kier alpha value is -1.36. The number of Topliss-reactive ketones (excluding diaryl/α,β-unsaturated/α-hetero) is 1. The van der Waals surface area contributed by atoms with Crippen molar-refractivity contribution in [2.24, 2.45) is 0 Å². The Morgan fingerprint density at radius 3 is 2.70 bits per heavy atom. The Bertz CT molecular complexity index is 208. The molecule has 0 aliphatic rings. The Labute approximate surface area is 60.5 Å². The van der Waals surface area contributed by atoms with Crippen molar-refractivity contribution in [3.63, 3.8) is 0 Å². The highest BCUT2D eigenvalue weighted by atomic mass is 16.1. The van der Waals surface area contributed by atoms with Gasteiger partial charge in [0, 0.05) is 5.57 Å². The molecule has 0 bridgehead atoms. The summed E-state index contributed by atoms with van der Waals surface area (Å²) in [4.78, 5) is 10.8. The summed E-state index contributed by atoms with van der Waals surface area (Å²) in [5.74, 6) is -0.167. The van der Waals surface area contributed by atoms with Gasteiger partial charge in [0.2, 0.25) is 0 Å². The molecular formula is C8H9NO. The quantitative estimate of drug-likeness (QED) is 0.435. The van der Waals surface area contributed by atoms with Gasteiger partial charge in [-0.1, -0.05) is 18.7 Å². The molecule has 0 heterocycles. The average molecular weight is 135 g/mol. The fourth-order valence-corrected chi connectivity index (χ4v) is 0.567. The molecule has 0 aliphatic heterocycles. The average Bonchev–Trinajstić information content (AvgIpc) is 1.91. The van der Waals surface area contributed by atoms with Gasteiger partial charge in [-0.05, 0) is 6.92 Å². The molecule has 0 aromatic rings. The van der Waals surface area contributed by atoms with Crippen molar-refractivity contribution in [1.29, 1.82) is 5.26 Å². The minimum absolute atomic E-state index is 0.0638. The highest BCUT2D eigenvalue weighted by Gasteiger charge is 2.01. The van der Waals surface area contributed by atoms with Crippen LogP contribution in [0.4, 0.5) is 0 Å². The Balaban J connectivity index is 4.21. The summed E-state index contributed by atoms with van der Waals surface area (Å²) in [5, 5.41) is 8.14. The molecule has 0 aromatic heterocycles. The van der Waals surface area contributed by atoms with Gasteiger partial charge in [-0.2, -0.15) is 5.26 Å². The monoisotopic (exact) mass is 135 g/mol. The molecule has 0 aliphatic carbocycles. The maximum absolute atomic E-state index is 10.8. The van der Waals surface area contributed by atoms with Crippen LogP contribution in [0.25, 0.3) is 0 Å². The number of carbonyl (C=O) groups excluding carboxylic acids is 1. The van der Waals surface area contributed by atoms with Gasteiger partial charge in [0.15, 0.2) is 5.78 Å². The van der Waals surface area contributed by atoms with E-state index < -0.39 is 0 Å². The van der Waals surface area contributed by atoms with Crippen molar-refractivity contribution in [2.75, 3.05) is 0 Å². The highest BCUT2D eigenvalue weighted by molar-refractivity contribution is 5.98. The Morgan fingerprint density at radius 1 is 1.80 bits per heavy atom. The van der Waals surface area contributed by atoms with Crippen LogP contribution in [-0.2, 0) is 4.79 Å². The number of hydrogen-bond donors (Lipinski definition) is 0. The maximum Gasteiger partial charge on any atom is 0.176 e. The van der Waals surface area contributed by atoms with Crippen molar-refractivity contribution < 1.29 is 4.79 Å². The van der Waals surface area contributed by atoms with Gasteiger partial charge in [-0.25, -0.2) is 0 Å². The van der Waals surface area contributed by atoms with E-state index in [0.29, 0.717) is 5.57 Å². The van der Waals surface area contributed by atoms with Crippen molar-refractivity contribution in [1.82, 2.24) is 0 Å². The van der Waals surface area contributed by atoms with E-state index in [1.807, 2.05) is 0 Å². The van der Waals surface area contributed by atoms with Gasteiger partial charge in [0.05, 0.1) is 12.5 Å². The Kier molecular flexibility index (Phi) is 3.90. The fraction of sp³-hybridized carbons (Fsp3) is 0.250. The third kappa shape index (κ3) is 2.27. The summed E-state index contributed by atoms with van der Waals surface area (Å²) < 4.78 is 0. The van der Waals surface area contributed by atoms with E-state index in [-0.39, 0.29) is 12.2 Å². The number of nitrogens with zero attached hydrogens (tertiary/aromatic N) is 1. The molecule has 2 nitrogen and oxygen atoms in total. The minimum Gasteiger partial charge on any atom is -0.293 e. The highest BCUT2D eigenvalue weighted by Crippen LogP contribution is 1.99. The number of rotatable bonds is 3. The molecular weight excluding hydrogens is 126 g/mol. The smallest absolute Gasteiger partial charge is 0.176 e. The van der Waals surface area contributed by atoms with Gasteiger partial charge < -0.3 is 0 Å². The van der Waals surface area contributed by atoms with Gasteiger partial charge in [0.25, 0.3) is 0 Å². The van der Waals surface area contributed by atoms with Crippen molar-refractivity contribution in [3.8, 4) is 6.07 Å². The fourth-order valence-electron chi connectivity index (χ4n) is 0.567. The second kappa shape index (κ2) is 4.51. The van der Waals surface area contributed by atoms with Crippen LogP contribution in [0, 0.1) is 11.3 Å². The SMILES string of the molecule is C=C/C(=C\C)C(=O)CC#N. The zero-order valence-corrected chi connectivity index (χ0v) is 5.92. The van der Waals surface area contributed by atoms with Gasteiger partial charge in [-0.15, -0.1) is 0 Å². The van der Waals surface area contributed by atoms with Gasteiger partial charge in [-0.3, -0.25) is 4.79 Å². The number of nitriles is 1. The van der Waals surface area contributed by atoms with Crippen molar-refractivity contribution in [2.45, 2.75) is 13.3 Å². The zero-order chi connectivity index (χ0) is 7.98. The largest absolute Gasteiger partial charge is 0.293 e. The topological polar surface area (TPSA) is 40.9 Å². The summed E-state index contributed by atoms with van der Waals surface area (Å²) in [6.45, 7) is 5.18. The number of allylic oxidation sites excluding steroid dienone is 3. The first-order valence-corrected chi connectivity index (χ1v) is 2.95. The number of ketones is 1. The molecule has 2 heteroatoms. The van der Waals surface area contributed by atoms with E-state index in [1.165, 1.54) is 6.08 Å². The van der Waals surface area contributed by atoms with E-state index in [0.717, 1.165) is 0 Å². The Morgan fingerprint density at radius 2 is 2.40 bits per heavy atom. The van der Waals surface area contributed by atoms with E-state index in [4.69, 9.17) is 5.26 Å². The van der Waals surface area contributed by atoms with Crippen molar-refractivity contribution >= 4 is 5.78 Å². The molecule has 0 unspecified atom stereocenters. The first-order valence-electron chi connectivity index (χ1n) is 2.95. The molecule has 52 valence electrons. The molecule has 0 amide bonds. The van der Waals surface area contributed by atoms with E-state index in [2.05, 4.69) is 6.58 Å². The molecule has 0 rings (SSSR count). The van der Waals surface area contributed by atoms with Crippen LogP contribution in [0.15, 0.2) is 24.3 Å². The number of carbonyl (C=O) groups is 1. The van der Waals surface area contributed by atoms with Crippen LogP contribution in [0.1, 0.15) is 13.3 Å². The molecule has 0 spiro atoms. The van der Waals surface area contributed by atoms with Gasteiger partial charge in [0.1, 0.15) is 0 Å². The van der Waals surface area contributed by atoms with Crippen LogP contribution in [0.2, 0.25) is 0 Å². The van der Waals surface area contributed by atoms with E-state index in [9.17, 15) is 4.79 Å². The standard InChI is InChI=1S/C8H9NO/c1-3-7(4-2)8(10)5-6-9/h3-4H,1,5H2,2H3/b7-4+. The van der Waals surface area contributed by atoms with Crippen LogP contribution >= 0.6 is 0 Å². The lowest BCUT2D eigenvalue weighted by molar-refractivity contribution is -0.114. The molecule has 0 fully saturated rings. The molecule has 0 N–H and O–H groups in total. The van der Waals surface area contributed by atoms with E-state index in [1.54, 1.807) is 19.1 Å². The van der Waals surface area contributed by atoms with Gasteiger partial charge >= 0.3 is 0 Å². The first kappa shape index (κ1) is 8.64. The van der Waals surface area contributed by atoms with Crippen LogP contribution in [0.5, 0.6) is 0 Å². The lowest BCUT2D eigenvalue weighted by atomic mass is 10.1. The zero-order valence-electron chi connectivity index (χ0n) is 5.92. The maximum atomic E-state index is 10.8. The summed E-state index contributed by atoms with van der Waals surface area (Å²) in [7, 11) is 0. The van der Waals surface area contributed by atoms with Crippen LogP contribution in [0.3, 0.4) is 0 Å². The third-order valence-electron chi connectivity index (χ3n) is 1.09. The molecule has 0 radical (unpaired) electrons. The predicted molar refractivity (Wildman–Crippen MR) is 39.2 cm³/mol. The molecule has 10 heavy (non-hydrogen) atoms. The summed E-state index contributed by atoms with van der Waals surface area (Å²) in [5.41, 5.74) is 0.515. The molecule has 0 aromatic carbocycles. The minimum atomic E-state index is -0.167. The second-order valence-electron chi connectivity index (χ2n) is 1.71. The molecule has 0 saturated heterocycles. The van der Waals surface area contributed by atoms with Crippen LogP contribution in [-0.4, -0.2) is 5.78 Å². The second-order valence-corrected chi connectivity index (χ2v) is 1.71. The molecule has 0 saturated carbocycles. The lowest BCUT2D eigenvalue weighted by Gasteiger charge is -1.91. The summed E-state index contributed by atoms with van der Waals surface area (Å²) in [6.07, 6.45) is 3.04. The summed E-state index contributed by atoms with van der Waals surface area (Å²) >= 11 is 0. The molecule has 0 atom stereocenters. The third-order valence-corrected chi connectivity index (χ3v) is 1.09. The lowest BCUT2D eigenvalue weighted by Crippen LogP contribution is -1.97. The predicted octanol–water partition coefficient (Wildman–Crippen LogP) is 1.60. The summed E-state index contributed by atoms with van der Waals surface area (Å²) in [6, 6.07) is 1.78. The first-order chi connectivity index (χ1) is 4.76. The van der Waals surface area contributed by atoms with E-state index >= 15 is 0 Å². The van der Waals surface area contributed by atoms with Crippen molar-refractivity contribution in [3.05, 3.63) is 24.3 Å².